The molecule has 1 aliphatic rings. The molecular formula is C18H18N4O4S. The van der Waals surface area contributed by atoms with E-state index in [1.807, 2.05) is 30.3 Å². The quantitative estimate of drug-likeness (QED) is 0.591. The molecular weight excluding hydrogens is 368 g/mol. The van der Waals surface area contributed by atoms with E-state index in [2.05, 4.69) is 20.7 Å². The van der Waals surface area contributed by atoms with Crippen molar-refractivity contribution in [2.75, 3.05) is 6.61 Å². The van der Waals surface area contributed by atoms with Crippen molar-refractivity contribution in [3.05, 3.63) is 52.1 Å². The number of benzene rings is 1. The molecule has 27 heavy (non-hydrogen) atoms. The van der Waals surface area contributed by atoms with E-state index >= 15 is 0 Å². The average Bonchev–Trinajstić information content (AvgIpc) is 3.34. The summed E-state index contributed by atoms with van der Waals surface area (Å²) < 4.78 is 5.26. The molecule has 0 spiro atoms. The van der Waals surface area contributed by atoms with E-state index in [9.17, 15) is 9.90 Å². The van der Waals surface area contributed by atoms with E-state index < -0.39 is 6.10 Å². The number of nitrogens with zero attached hydrogens (tertiary/aromatic N) is 3. The highest BCUT2D eigenvalue weighted by Crippen LogP contribution is 2.39. The molecule has 9 heteroatoms. The van der Waals surface area contributed by atoms with Gasteiger partial charge in [-0.1, -0.05) is 46.8 Å². The van der Waals surface area contributed by atoms with Gasteiger partial charge in [0.2, 0.25) is 0 Å². The number of carbonyl (C=O) groups is 1. The molecule has 2 heterocycles. The van der Waals surface area contributed by atoms with Gasteiger partial charge in [0.05, 0.1) is 6.61 Å². The number of aromatic nitrogens is 3. The number of rotatable bonds is 6. The topological polar surface area (TPSA) is 121 Å². The van der Waals surface area contributed by atoms with Gasteiger partial charge in [-0.05, 0) is 12.8 Å². The maximum absolute atomic E-state index is 12.3. The van der Waals surface area contributed by atoms with Crippen LogP contribution in [0.5, 0.6) is 0 Å². The van der Waals surface area contributed by atoms with Crippen molar-refractivity contribution in [2.24, 2.45) is 0 Å². The van der Waals surface area contributed by atoms with Crippen molar-refractivity contribution < 1.29 is 19.5 Å². The molecule has 1 aromatic carbocycles. The largest absolute Gasteiger partial charge is 0.393 e. The van der Waals surface area contributed by atoms with Gasteiger partial charge in [0.1, 0.15) is 16.1 Å². The Morgan fingerprint density at radius 3 is 2.81 bits per heavy atom. The van der Waals surface area contributed by atoms with Crippen molar-refractivity contribution in [1.29, 1.82) is 0 Å². The van der Waals surface area contributed by atoms with Crippen LogP contribution in [0.1, 0.15) is 45.4 Å². The Balaban J connectivity index is 1.32. The highest BCUT2D eigenvalue weighted by atomic mass is 32.1. The smallest absolute Gasteiger partial charge is 0.273 e. The zero-order valence-corrected chi connectivity index (χ0v) is 15.1. The molecule has 1 atom stereocenters. The van der Waals surface area contributed by atoms with Gasteiger partial charge in [-0.3, -0.25) is 4.79 Å². The Kier molecular flexibility index (Phi) is 4.97. The summed E-state index contributed by atoms with van der Waals surface area (Å²) >= 11 is 1.30. The molecule has 1 saturated carbocycles. The number of hydrogen-bond donors (Lipinski definition) is 3. The van der Waals surface area contributed by atoms with Gasteiger partial charge in [-0.2, -0.15) is 0 Å². The summed E-state index contributed by atoms with van der Waals surface area (Å²) in [5.74, 6) is 0.485. The van der Waals surface area contributed by atoms with Crippen LogP contribution in [0.4, 0.5) is 0 Å². The molecule has 2 aromatic heterocycles. The maximum Gasteiger partial charge on any atom is 0.273 e. The summed E-state index contributed by atoms with van der Waals surface area (Å²) in [6.45, 7) is -0.374. The third kappa shape index (κ3) is 3.75. The number of aliphatic hydroxyl groups is 2. The van der Waals surface area contributed by atoms with Crippen LogP contribution in [0.25, 0.3) is 11.3 Å². The fourth-order valence-electron chi connectivity index (χ4n) is 2.94. The minimum atomic E-state index is -0.988. The van der Waals surface area contributed by atoms with Crippen molar-refractivity contribution in [1.82, 2.24) is 20.7 Å². The number of carbonyl (C=O) groups excluding carboxylic acids is 1. The van der Waals surface area contributed by atoms with E-state index in [4.69, 9.17) is 9.63 Å². The Bertz CT molecular complexity index is 920. The minimum Gasteiger partial charge on any atom is -0.393 e. The van der Waals surface area contributed by atoms with Gasteiger partial charge in [0.25, 0.3) is 5.91 Å². The summed E-state index contributed by atoms with van der Waals surface area (Å²) in [6.07, 6.45) is 0.510. The molecule has 4 rings (SSSR count). The van der Waals surface area contributed by atoms with Gasteiger partial charge in [-0.25, -0.2) is 0 Å². The second-order valence-electron chi connectivity index (χ2n) is 6.46. The SMILES string of the molecule is O=C(N[C@H]1C[C@@H](c2nnc([C@H](O)CO)s2)C1)c1cc(-c2ccccc2)on1. The van der Waals surface area contributed by atoms with Crippen LogP contribution in [0.3, 0.4) is 0 Å². The third-order valence-corrected chi connectivity index (χ3v) is 5.72. The van der Waals surface area contributed by atoms with Gasteiger partial charge in [0, 0.05) is 23.6 Å². The monoisotopic (exact) mass is 386 g/mol. The van der Waals surface area contributed by atoms with Crippen LogP contribution in [0.15, 0.2) is 40.9 Å². The van der Waals surface area contributed by atoms with E-state index in [-0.39, 0.29) is 30.2 Å². The van der Waals surface area contributed by atoms with Gasteiger partial charge in [0.15, 0.2) is 11.5 Å². The van der Waals surface area contributed by atoms with Gasteiger partial charge in [-0.15, -0.1) is 10.2 Å². The van der Waals surface area contributed by atoms with Gasteiger partial charge < -0.3 is 20.1 Å². The van der Waals surface area contributed by atoms with Crippen molar-refractivity contribution in [3.8, 4) is 11.3 Å². The first-order valence-electron chi connectivity index (χ1n) is 8.59. The Hall–Kier alpha value is -2.62. The second kappa shape index (κ2) is 7.55. The summed E-state index contributed by atoms with van der Waals surface area (Å²) in [4.78, 5) is 12.3. The molecule has 8 nitrogen and oxygen atoms in total. The lowest BCUT2D eigenvalue weighted by Gasteiger charge is -2.33. The normalized spacial score (nSPS) is 20.1. The van der Waals surface area contributed by atoms with Crippen molar-refractivity contribution in [3.63, 3.8) is 0 Å². The predicted molar refractivity (Wildman–Crippen MR) is 97.1 cm³/mol. The first-order valence-corrected chi connectivity index (χ1v) is 9.41. The molecule has 1 aliphatic carbocycles. The first kappa shape index (κ1) is 17.8. The fraction of sp³-hybridized carbons (Fsp3) is 0.333. The number of nitrogens with one attached hydrogen (secondary N) is 1. The van der Waals surface area contributed by atoms with Gasteiger partial charge >= 0.3 is 0 Å². The van der Waals surface area contributed by atoms with Crippen molar-refractivity contribution >= 4 is 17.2 Å². The molecule has 0 aliphatic heterocycles. The molecule has 140 valence electrons. The van der Waals surface area contributed by atoms with Crippen LogP contribution in [0.2, 0.25) is 0 Å². The molecule has 3 N–H and O–H groups in total. The summed E-state index contributed by atoms with van der Waals surface area (Å²) in [5.41, 5.74) is 1.12. The molecule has 0 saturated heterocycles. The van der Waals surface area contributed by atoms with Crippen molar-refractivity contribution in [2.45, 2.75) is 30.9 Å². The number of hydrogen-bond acceptors (Lipinski definition) is 8. The minimum absolute atomic E-state index is 0.0366. The van der Waals surface area contributed by atoms with Crippen LogP contribution in [0, 0.1) is 0 Å². The zero-order valence-electron chi connectivity index (χ0n) is 14.3. The average molecular weight is 386 g/mol. The van der Waals surface area contributed by atoms with Crippen LogP contribution in [-0.2, 0) is 0 Å². The lowest BCUT2D eigenvalue weighted by molar-refractivity contribution is 0.0899. The predicted octanol–water partition coefficient (Wildman–Crippen LogP) is 1.89. The van der Waals surface area contributed by atoms with E-state index in [0.29, 0.717) is 10.8 Å². The Morgan fingerprint density at radius 2 is 2.07 bits per heavy atom. The number of amides is 1. The van der Waals surface area contributed by atoms with E-state index in [1.165, 1.54) is 11.3 Å². The lowest BCUT2D eigenvalue weighted by Crippen LogP contribution is -2.43. The summed E-state index contributed by atoms with van der Waals surface area (Å²) in [7, 11) is 0. The van der Waals surface area contributed by atoms with Crippen LogP contribution < -0.4 is 5.32 Å². The first-order chi connectivity index (χ1) is 13.1. The van der Waals surface area contributed by atoms with Crippen LogP contribution in [-0.4, -0.2) is 44.1 Å². The zero-order chi connectivity index (χ0) is 18.8. The van der Waals surface area contributed by atoms with E-state index in [1.54, 1.807) is 6.07 Å². The summed E-state index contributed by atoms with van der Waals surface area (Å²) in [6, 6.07) is 11.1. The molecule has 0 radical (unpaired) electrons. The highest BCUT2D eigenvalue weighted by molar-refractivity contribution is 7.11. The van der Waals surface area contributed by atoms with Crippen LogP contribution >= 0.6 is 11.3 Å². The second-order valence-corrected chi connectivity index (χ2v) is 7.50. The molecule has 1 amide bonds. The molecule has 1 fully saturated rings. The fourth-order valence-corrected chi connectivity index (χ4v) is 3.89. The van der Waals surface area contributed by atoms with E-state index in [0.717, 1.165) is 23.4 Å². The molecule has 0 bridgehead atoms. The summed E-state index contributed by atoms with van der Waals surface area (Å²) in [5, 5.41) is 34.5. The standard InChI is InChI=1S/C18H18N4O4S/c23-9-14(24)18-21-20-17(27-18)11-6-12(7-11)19-16(25)13-8-15(26-22-13)10-4-2-1-3-5-10/h1-5,8,11-12,14,23-24H,6-7,9H2,(H,19,25)/t11-,12+,14-/m1/s1. The Morgan fingerprint density at radius 1 is 1.30 bits per heavy atom. The molecule has 0 unspecified atom stereocenters. The lowest BCUT2D eigenvalue weighted by atomic mass is 9.80. The highest BCUT2D eigenvalue weighted by Gasteiger charge is 2.35. The Labute approximate surface area is 158 Å². The maximum atomic E-state index is 12.3. The third-order valence-electron chi connectivity index (χ3n) is 4.54. The number of aliphatic hydroxyl groups excluding tert-OH is 2. The molecule has 3 aromatic rings.